The van der Waals surface area contributed by atoms with Crippen molar-refractivity contribution in [2.75, 3.05) is 17.6 Å². The molecule has 0 amide bonds. The summed E-state index contributed by atoms with van der Waals surface area (Å²) in [6, 6.07) is 6.50. The Morgan fingerprint density at radius 2 is 2.30 bits per heavy atom. The van der Waals surface area contributed by atoms with Gasteiger partial charge in [0.1, 0.15) is 5.75 Å². The highest BCUT2D eigenvalue weighted by molar-refractivity contribution is 5.38. The molecule has 0 spiro atoms. The van der Waals surface area contributed by atoms with Crippen LogP contribution in [-0.2, 0) is 0 Å². The minimum absolute atomic E-state index is 0.0997. The van der Waals surface area contributed by atoms with Crippen LogP contribution < -0.4 is 15.8 Å². The molecular weight excluding hydrogens is 268 g/mol. The van der Waals surface area contributed by atoms with Gasteiger partial charge in [-0.3, -0.25) is 0 Å². The van der Waals surface area contributed by atoms with E-state index in [4.69, 9.17) is 5.73 Å². The smallest absolute Gasteiger partial charge is 0.387 e. The van der Waals surface area contributed by atoms with Gasteiger partial charge in [-0.2, -0.15) is 13.8 Å². The first-order valence-electron chi connectivity index (χ1n) is 6.14. The van der Waals surface area contributed by atoms with Crippen LogP contribution in [0.2, 0.25) is 0 Å². The van der Waals surface area contributed by atoms with Crippen molar-refractivity contribution in [3.05, 3.63) is 29.8 Å². The fraction of sp³-hybridized carbons (Fsp3) is 0.333. The van der Waals surface area contributed by atoms with E-state index >= 15 is 0 Å². The molecule has 1 aliphatic rings. The molecule has 1 atom stereocenters. The summed E-state index contributed by atoms with van der Waals surface area (Å²) >= 11 is 0. The molecule has 1 aliphatic heterocycles. The number of hydrogen-bond donors (Lipinski definition) is 2. The van der Waals surface area contributed by atoms with E-state index < -0.39 is 6.61 Å². The van der Waals surface area contributed by atoms with E-state index in [1.165, 1.54) is 6.07 Å². The van der Waals surface area contributed by atoms with Gasteiger partial charge in [0, 0.05) is 6.54 Å². The van der Waals surface area contributed by atoms with Crippen molar-refractivity contribution in [3.63, 3.8) is 0 Å². The number of anilines is 2. The molecule has 1 aromatic carbocycles. The van der Waals surface area contributed by atoms with Crippen LogP contribution in [0.3, 0.4) is 0 Å². The van der Waals surface area contributed by atoms with Crippen LogP contribution in [-0.4, -0.2) is 27.9 Å². The number of nitrogens with zero attached hydrogens (tertiary/aromatic N) is 3. The molecule has 0 bridgehead atoms. The molecule has 0 aliphatic carbocycles. The minimum atomic E-state index is -2.84. The van der Waals surface area contributed by atoms with Crippen LogP contribution in [0, 0.1) is 0 Å². The zero-order chi connectivity index (χ0) is 14.1. The number of ether oxygens (including phenoxy) is 1. The third-order valence-corrected chi connectivity index (χ3v) is 3.11. The largest absolute Gasteiger partial charge is 0.435 e. The van der Waals surface area contributed by atoms with E-state index in [0.29, 0.717) is 12.5 Å². The van der Waals surface area contributed by atoms with Crippen LogP contribution in [0.25, 0.3) is 0 Å². The van der Waals surface area contributed by atoms with Gasteiger partial charge in [-0.25, -0.2) is 4.68 Å². The van der Waals surface area contributed by atoms with Gasteiger partial charge in [-0.05, 0) is 24.1 Å². The zero-order valence-corrected chi connectivity index (χ0v) is 10.5. The number of nitrogens with one attached hydrogen (secondary N) is 1. The molecule has 8 heteroatoms. The van der Waals surface area contributed by atoms with Crippen LogP contribution >= 0.6 is 0 Å². The summed E-state index contributed by atoms with van der Waals surface area (Å²) < 4.78 is 30.6. The summed E-state index contributed by atoms with van der Waals surface area (Å²) in [6.07, 6.45) is 0.758. The second-order valence-corrected chi connectivity index (χ2v) is 4.42. The van der Waals surface area contributed by atoms with Gasteiger partial charge in [-0.15, -0.1) is 5.10 Å². The van der Waals surface area contributed by atoms with Crippen molar-refractivity contribution < 1.29 is 13.5 Å². The number of hydrogen-bond acceptors (Lipinski definition) is 5. The number of nitrogens with two attached hydrogens (primary N) is 1. The number of rotatable bonds is 3. The predicted octanol–water partition coefficient (Wildman–Crippen LogP) is 1.87. The Bertz CT molecular complexity index is 616. The second kappa shape index (κ2) is 4.95. The van der Waals surface area contributed by atoms with Gasteiger partial charge < -0.3 is 15.8 Å². The monoisotopic (exact) mass is 281 g/mol. The Kier molecular flexibility index (Phi) is 3.13. The van der Waals surface area contributed by atoms with Gasteiger partial charge in [-0.1, -0.05) is 12.1 Å². The lowest BCUT2D eigenvalue weighted by Gasteiger charge is -2.24. The molecule has 1 aromatic heterocycles. The molecular formula is C12H13F2N5O. The normalized spacial score (nSPS) is 17.6. The topological polar surface area (TPSA) is 78.0 Å². The zero-order valence-electron chi connectivity index (χ0n) is 10.5. The van der Waals surface area contributed by atoms with E-state index in [9.17, 15) is 8.78 Å². The average molecular weight is 281 g/mol. The number of nitrogen functional groups attached to an aromatic ring is 1. The standard InChI is InChI=1S/C12H13F2N5O/c13-10(14)20-8-3-1-2-7(6-8)9-4-5-16-12-17-11(15)18-19(9)12/h1-3,6,9-10H,4-5H2,(H3,15,16,17,18). The SMILES string of the molecule is Nc1nc2n(n1)C(c1cccc(OC(F)F)c1)CCN2. The molecule has 1 unspecified atom stereocenters. The summed E-state index contributed by atoms with van der Waals surface area (Å²) in [7, 11) is 0. The van der Waals surface area contributed by atoms with Crippen LogP contribution in [0.15, 0.2) is 24.3 Å². The molecule has 106 valence electrons. The van der Waals surface area contributed by atoms with Gasteiger partial charge in [0.25, 0.3) is 0 Å². The van der Waals surface area contributed by atoms with Crippen molar-refractivity contribution in [2.45, 2.75) is 19.1 Å². The Morgan fingerprint density at radius 3 is 3.10 bits per heavy atom. The first kappa shape index (κ1) is 12.6. The Morgan fingerprint density at radius 1 is 1.45 bits per heavy atom. The van der Waals surface area contributed by atoms with E-state index in [1.54, 1.807) is 16.8 Å². The lowest BCUT2D eigenvalue weighted by molar-refractivity contribution is -0.0499. The van der Waals surface area contributed by atoms with E-state index in [-0.39, 0.29) is 17.7 Å². The molecule has 0 fully saturated rings. The quantitative estimate of drug-likeness (QED) is 0.898. The van der Waals surface area contributed by atoms with Crippen LogP contribution in [0.5, 0.6) is 5.75 Å². The molecule has 0 saturated heterocycles. The number of aromatic nitrogens is 3. The maximum Gasteiger partial charge on any atom is 0.387 e. The first-order chi connectivity index (χ1) is 9.63. The fourth-order valence-electron chi connectivity index (χ4n) is 2.33. The number of fused-ring (bicyclic) bond motifs is 1. The number of benzene rings is 1. The summed E-state index contributed by atoms with van der Waals surface area (Å²) in [4.78, 5) is 4.07. The highest BCUT2D eigenvalue weighted by Crippen LogP contribution is 2.30. The van der Waals surface area contributed by atoms with Crippen molar-refractivity contribution in [3.8, 4) is 5.75 Å². The van der Waals surface area contributed by atoms with Gasteiger partial charge in [0.15, 0.2) is 0 Å². The lowest BCUT2D eigenvalue weighted by Crippen LogP contribution is -2.24. The second-order valence-electron chi connectivity index (χ2n) is 4.42. The predicted molar refractivity (Wildman–Crippen MR) is 68.8 cm³/mol. The van der Waals surface area contributed by atoms with Gasteiger partial charge in [0.05, 0.1) is 6.04 Å². The summed E-state index contributed by atoms with van der Waals surface area (Å²) in [5.41, 5.74) is 6.42. The highest BCUT2D eigenvalue weighted by atomic mass is 19.3. The number of alkyl halides is 2. The molecule has 6 nitrogen and oxygen atoms in total. The van der Waals surface area contributed by atoms with Crippen molar-refractivity contribution in [1.82, 2.24) is 14.8 Å². The summed E-state index contributed by atoms with van der Waals surface area (Å²) in [6.45, 7) is -2.13. The minimum Gasteiger partial charge on any atom is -0.435 e. The molecule has 20 heavy (non-hydrogen) atoms. The fourth-order valence-corrected chi connectivity index (χ4v) is 2.33. The highest BCUT2D eigenvalue weighted by Gasteiger charge is 2.24. The van der Waals surface area contributed by atoms with Crippen LogP contribution in [0.4, 0.5) is 20.7 Å². The Hall–Kier alpha value is -2.38. The third-order valence-electron chi connectivity index (χ3n) is 3.11. The lowest BCUT2D eigenvalue weighted by atomic mass is 10.0. The molecule has 2 heterocycles. The summed E-state index contributed by atoms with van der Waals surface area (Å²) in [5, 5.41) is 7.22. The van der Waals surface area contributed by atoms with Gasteiger partial charge in [0.2, 0.25) is 11.9 Å². The molecule has 3 N–H and O–H groups in total. The van der Waals surface area contributed by atoms with E-state index in [0.717, 1.165) is 12.0 Å². The molecule has 0 radical (unpaired) electrons. The summed E-state index contributed by atoms with van der Waals surface area (Å²) in [5.74, 6) is 0.893. The Balaban J connectivity index is 1.93. The van der Waals surface area contributed by atoms with Crippen molar-refractivity contribution >= 4 is 11.9 Å². The average Bonchev–Trinajstić information content (AvgIpc) is 2.78. The van der Waals surface area contributed by atoms with Crippen molar-refractivity contribution in [2.24, 2.45) is 0 Å². The van der Waals surface area contributed by atoms with E-state index in [1.807, 2.05) is 6.07 Å². The number of halogens is 2. The maximum absolute atomic E-state index is 12.3. The molecule has 3 rings (SSSR count). The van der Waals surface area contributed by atoms with E-state index in [2.05, 4.69) is 20.1 Å². The molecule has 0 saturated carbocycles. The van der Waals surface area contributed by atoms with Gasteiger partial charge >= 0.3 is 6.61 Å². The maximum atomic E-state index is 12.3. The third kappa shape index (κ3) is 2.36. The molecule has 2 aromatic rings. The first-order valence-corrected chi connectivity index (χ1v) is 6.14. The Labute approximate surface area is 113 Å². The van der Waals surface area contributed by atoms with Crippen LogP contribution in [0.1, 0.15) is 18.0 Å². The van der Waals surface area contributed by atoms with Crippen molar-refractivity contribution in [1.29, 1.82) is 0 Å².